The highest BCUT2D eigenvalue weighted by molar-refractivity contribution is 6.04. The van der Waals surface area contributed by atoms with Crippen LogP contribution >= 0.6 is 0 Å². The lowest BCUT2D eigenvalue weighted by Crippen LogP contribution is -2.12. The van der Waals surface area contributed by atoms with E-state index >= 15 is 0 Å². The summed E-state index contributed by atoms with van der Waals surface area (Å²) in [6.07, 6.45) is 0. The van der Waals surface area contributed by atoms with E-state index in [1.165, 1.54) is 0 Å². The Bertz CT molecular complexity index is 606. The smallest absolute Gasteiger partial charge is 0.255 e. The summed E-state index contributed by atoms with van der Waals surface area (Å²) in [5, 5.41) is 2.83. The molecule has 4 nitrogen and oxygen atoms in total. The maximum Gasteiger partial charge on any atom is 0.255 e. The molecule has 1 N–H and O–H groups in total. The number of aryl methyl sites for hydroxylation is 1. The van der Waals surface area contributed by atoms with Crippen molar-refractivity contribution in [3.63, 3.8) is 0 Å². The summed E-state index contributed by atoms with van der Waals surface area (Å²) in [6, 6.07) is 12.5. The van der Waals surface area contributed by atoms with Crippen LogP contribution in [0.3, 0.4) is 0 Å². The fourth-order valence-corrected chi connectivity index (χ4v) is 1.84. The largest absolute Gasteiger partial charge is 0.497 e. The quantitative estimate of drug-likeness (QED) is 0.928. The van der Waals surface area contributed by atoms with E-state index in [9.17, 15) is 4.79 Å². The number of rotatable bonds is 4. The molecule has 0 aliphatic rings. The number of carbonyl (C=O) groups excluding carboxylic acids is 1. The lowest BCUT2D eigenvalue weighted by atomic mass is 10.1. The highest BCUT2D eigenvalue weighted by Crippen LogP contribution is 2.20. The van der Waals surface area contributed by atoms with Crippen molar-refractivity contribution in [3.8, 4) is 11.5 Å². The number of ether oxygens (including phenoxy) is 2. The molecule has 4 heteroatoms. The third-order valence-electron chi connectivity index (χ3n) is 3.02. The van der Waals surface area contributed by atoms with Crippen molar-refractivity contribution in [1.82, 2.24) is 0 Å². The van der Waals surface area contributed by atoms with Crippen LogP contribution in [0, 0.1) is 6.92 Å². The molecule has 104 valence electrons. The van der Waals surface area contributed by atoms with Crippen LogP contribution in [0.15, 0.2) is 42.5 Å². The zero-order chi connectivity index (χ0) is 14.5. The molecule has 0 bridgehead atoms. The van der Waals surface area contributed by atoms with Crippen molar-refractivity contribution in [1.29, 1.82) is 0 Å². The molecule has 0 fully saturated rings. The van der Waals surface area contributed by atoms with Crippen LogP contribution in [0.4, 0.5) is 5.69 Å². The van der Waals surface area contributed by atoms with Gasteiger partial charge in [-0.3, -0.25) is 4.79 Å². The fourth-order valence-electron chi connectivity index (χ4n) is 1.84. The van der Waals surface area contributed by atoms with Crippen LogP contribution in [0.5, 0.6) is 11.5 Å². The molecule has 0 aliphatic carbocycles. The van der Waals surface area contributed by atoms with Gasteiger partial charge in [0.2, 0.25) is 0 Å². The molecule has 0 aromatic heterocycles. The highest BCUT2D eigenvalue weighted by atomic mass is 16.5. The maximum absolute atomic E-state index is 12.2. The second-order valence-electron chi connectivity index (χ2n) is 4.37. The number of hydrogen-bond donors (Lipinski definition) is 1. The van der Waals surface area contributed by atoms with E-state index in [4.69, 9.17) is 9.47 Å². The molecule has 0 spiro atoms. The molecule has 0 unspecified atom stereocenters. The van der Waals surface area contributed by atoms with Crippen molar-refractivity contribution in [2.24, 2.45) is 0 Å². The topological polar surface area (TPSA) is 47.6 Å². The molecular weight excluding hydrogens is 254 g/mol. The Morgan fingerprint density at radius 2 is 1.70 bits per heavy atom. The normalized spacial score (nSPS) is 9.95. The fraction of sp³-hybridized carbons (Fsp3) is 0.188. The van der Waals surface area contributed by atoms with Gasteiger partial charge in [-0.25, -0.2) is 0 Å². The van der Waals surface area contributed by atoms with E-state index in [-0.39, 0.29) is 5.91 Å². The van der Waals surface area contributed by atoms with Crippen LogP contribution in [0.25, 0.3) is 0 Å². The number of benzene rings is 2. The van der Waals surface area contributed by atoms with E-state index < -0.39 is 0 Å². The molecule has 1 amide bonds. The van der Waals surface area contributed by atoms with Gasteiger partial charge in [0.05, 0.1) is 14.2 Å². The number of carbonyl (C=O) groups is 1. The molecule has 0 heterocycles. The van der Waals surface area contributed by atoms with Gasteiger partial charge in [-0.1, -0.05) is 6.07 Å². The van der Waals surface area contributed by atoms with Crippen molar-refractivity contribution in [2.75, 3.05) is 19.5 Å². The first kappa shape index (κ1) is 13.9. The first-order valence-electron chi connectivity index (χ1n) is 6.24. The van der Waals surface area contributed by atoms with Gasteiger partial charge in [0.1, 0.15) is 11.5 Å². The SMILES string of the molecule is COc1ccc(NC(=O)c2ccc(C)c(OC)c2)cc1. The van der Waals surface area contributed by atoms with Crippen molar-refractivity contribution >= 4 is 11.6 Å². The Balaban J connectivity index is 2.14. The first-order chi connectivity index (χ1) is 9.63. The Kier molecular flexibility index (Phi) is 4.25. The van der Waals surface area contributed by atoms with Crippen LogP contribution in [-0.2, 0) is 0 Å². The molecule has 20 heavy (non-hydrogen) atoms. The van der Waals surface area contributed by atoms with Crippen molar-refractivity contribution in [3.05, 3.63) is 53.6 Å². The predicted octanol–water partition coefficient (Wildman–Crippen LogP) is 3.26. The number of amides is 1. The Labute approximate surface area is 118 Å². The number of nitrogens with one attached hydrogen (secondary N) is 1. The second-order valence-corrected chi connectivity index (χ2v) is 4.37. The Morgan fingerprint density at radius 3 is 2.30 bits per heavy atom. The average molecular weight is 271 g/mol. The van der Waals surface area contributed by atoms with Crippen LogP contribution in [0.1, 0.15) is 15.9 Å². The zero-order valence-electron chi connectivity index (χ0n) is 11.8. The Morgan fingerprint density at radius 1 is 1.00 bits per heavy atom. The molecular formula is C16H17NO3. The maximum atomic E-state index is 12.2. The summed E-state index contributed by atoms with van der Waals surface area (Å²) < 4.78 is 10.3. The van der Waals surface area contributed by atoms with E-state index in [0.717, 1.165) is 17.0 Å². The molecule has 0 radical (unpaired) electrons. The van der Waals surface area contributed by atoms with Gasteiger partial charge in [-0.2, -0.15) is 0 Å². The second kappa shape index (κ2) is 6.10. The van der Waals surface area contributed by atoms with Crippen LogP contribution < -0.4 is 14.8 Å². The van der Waals surface area contributed by atoms with E-state index in [0.29, 0.717) is 11.3 Å². The minimum atomic E-state index is -0.173. The predicted molar refractivity (Wildman–Crippen MR) is 78.7 cm³/mol. The molecule has 0 aliphatic heterocycles. The highest BCUT2D eigenvalue weighted by Gasteiger charge is 2.09. The number of methoxy groups -OCH3 is 2. The van der Waals surface area contributed by atoms with E-state index in [1.807, 2.05) is 13.0 Å². The van der Waals surface area contributed by atoms with Gasteiger partial charge in [-0.15, -0.1) is 0 Å². The lowest BCUT2D eigenvalue weighted by Gasteiger charge is -2.09. The van der Waals surface area contributed by atoms with Crippen molar-refractivity contribution < 1.29 is 14.3 Å². The van der Waals surface area contributed by atoms with Gasteiger partial charge in [0, 0.05) is 11.3 Å². The Hall–Kier alpha value is -2.49. The average Bonchev–Trinajstić information content (AvgIpc) is 2.48. The molecule has 0 saturated carbocycles. The minimum absolute atomic E-state index is 0.173. The minimum Gasteiger partial charge on any atom is -0.497 e. The molecule has 2 rings (SSSR count). The third kappa shape index (κ3) is 3.09. The summed E-state index contributed by atoms with van der Waals surface area (Å²) in [6.45, 7) is 1.93. The lowest BCUT2D eigenvalue weighted by molar-refractivity contribution is 0.102. The third-order valence-corrected chi connectivity index (χ3v) is 3.02. The summed E-state index contributed by atoms with van der Waals surface area (Å²) in [4.78, 5) is 12.2. The molecule has 0 atom stereocenters. The van der Waals surface area contributed by atoms with Gasteiger partial charge >= 0.3 is 0 Å². The molecule has 2 aromatic rings. The summed E-state index contributed by atoms with van der Waals surface area (Å²) >= 11 is 0. The summed E-state index contributed by atoms with van der Waals surface area (Å²) in [5.74, 6) is 1.28. The zero-order valence-corrected chi connectivity index (χ0v) is 11.8. The number of hydrogen-bond acceptors (Lipinski definition) is 3. The summed E-state index contributed by atoms with van der Waals surface area (Å²) in [7, 11) is 3.19. The van der Waals surface area contributed by atoms with Gasteiger partial charge < -0.3 is 14.8 Å². The van der Waals surface area contributed by atoms with Gasteiger partial charge in [0.15, 0.2) is 0 Å². The monoisotopic (exact) mass is 271 g/mol. The standard InChI is InChI=1S/C16H17NO3/c1-11-4-5-12(10-15(11)20-3)16(18)17-13-6-8-14(19-2)9-7-13/h4-10H,1-3H3,(H,17,18). The van der Waals surface area contributed by atoms with Crippen LogP contribution in [0.2, 0.25) is 0 Å². The van der Waals surface area contributed by atoms with Gasteiger partial charge in [0.25, 0.3) is 5.91 Å². The number of anilines is 1. The van der Waals surface area contributed by atoms with Crippen molar-refractivity contribution in [2.45, 2.75) is 6.92 Å². The van der Waals surface area contributed by atoms with Gasteiger partial charge in [-0.05, 0) is 48.9 Å². The van der Waals surface area contributed by atoms with E-state index in [1.54, 1.807) is 50.6 Å². The first-order valence-corrected chi connectivity index (χ1v) is 6.24. The van der Waals surface area contributed by atoms with Crippen LogP contribution in [-0.4, -0.2) is 20.1 Å². The van der Waals surface area contributed by atoms with E-state index in [2.05, 4.69) is 5.32 Å². The molecule has 2 aromatic carbocycles. The summed E-state index contributed by atoms with van der Waals surface area (Å²) in [5.41, 5.74) is 2.27. The molecule has 0 saturated heterocycles.